The lowest BCUT2D eigenvalue weighted by molar-refractivity contribution is 0.310. The summed E-state index contributed by atoms with van der Waals surface area (Å²) < 4.78 is 36.5. The van der Waals surface area contributed by atoms with Gasteiger partial charge in [0.1, 0.15) is 9.84 Å². The third kappa shape index (κ3) is 4.15. The summed E-state index contributed by atoms with van der Waals surface area (Å²) in [5.41, 5.74) is 0.841. The number of aromatic amines is 1. The molecule has 28 heavy (non-hydrogen) atoms. The Balaban J connectivity index is 2.23. The van der Waals surface area contributed by atoms with Gasteiger partial charge in [0.2, 0.25) is 0 Å². The summed E-state index contributed by atoms with van der Waals surface area (Å²) in [6.45, 7) is 2.24. The molecule has 0 fully saturated rings. The lowest BCUT2D eigenvalue weighted by Gasteiger charge is -2.20. The van der Waals surface area contributed by atoms with Crippen LogP contribution in [0.5, 0.6) is 11.5 Å². The minimum atomic E-state index is -3.43. The molecule has 0 saturated carbocycles. The number of aromatic nitrogens is 3. The first-order chi connectivity index (χ1) is 13.2. The standard InChI is InChI=1S/C18H20ClN3O5S/c1-4-27-16-7-11(5-6-15(16)26-2)14(10-28(3,24)25)22-17-13(21-18(22)23)8-12(19)9-20-17/h5-9,14H,4,10H2,1-3H3,(H,21,23). The number of benzene rings is 1. The van der Waals surface area contributed by atoms with Gasteiger partial charge in [-0.2, -0.15) is 0 Å². The minimum Gasteiger partial charge on any atom is -0.493 e. The number of nitrogens with one attached hydrogen (secondary N) is 1. The van der Waals surface area contributed by atoms with Crippen LogP contribution in [0.4, 0.5) is 0 Å². The first-order valence-corrected chi connectivity index (χ1v) is 10.9. The van der Waals surface area contributed by atoms with Crippen LogP contribution in [0.3, 0.4) is 0 Å². The molecule has 2 aromatic heterocycles. The predicted molar refractivity (Wildman–Crippen MR) is 107 cm³/mol. The van der Waals surface area contributed by atoms with Gasteiger partial charge in [-0.3, -0.25) is 4.57 Å². The summed E-state index contributed by atoms with van der Waals surface area (Å²) in [6.07, 6.45) is 2.53. The second kappa shape index (κ2) is 7.84. The maximum atomic E-state index is 12.7. The van der Waals surface area contributed by atoms with E-state index in [-0.39, 0.29) is 5.75 Å². The maximum absolute atomic E-state index is 12.7. The number of pyridine rings is 1. The highest BCUT2D eigenvalue weighted by Crippen LogP contribution is 2.32. The Kier molecular flexibility index (Phi) is 5.66. The highest BCUT2D eigenvalue weighted by atomic mass is 35.5. The number of ether oxygens (including phenoxy) is 2. The fraction of sp³-hybridized carbons (Fsp3) is 0.333. The molecule has 1 atom stereocenters. The summed E-state index contributed by atoms with van der Waals surface area (Å²) >= 11 is 5.95. The van der Waals surface area contributed by atoms with Crippen molar-refractivity contribution in [2.24, 2.45) is 0 Å². The van der Waals surface area contributed by atoms with Crippen LogP contribution in [-0.4, -0.2) is 48.7 Å². The van der Waals surface area contributed by atoms with Crippen molar-refractivity contribution in [1.29, 1.82) is 0 Å². The highest BCUT2D eigenvalue weighted by molar-refractivity contribution is 7.90. The molecule has 1 aromatic carbocycles. The summed E-state index contributed by atoms with van der Waals surface area (Å²) in [5, 5.41) is 0.364. The molecule has 0 saturated heterocycles. The number of sulfone groups is 1. The molecule has 0 amide bonds. The molecule has 1 N–H and O–H groups in total. The number of nitrogens with zero attached hydrogens (tertiary/aromatic N) is 2. The summed E-state index contributed by atoms with van der Waals surface area (Å²) in [4.78, 5) is 19.6. The quantitative estimate of drug-likeness (QED) is 0.623. The Morgan fingerprint density at radius 2 is 2.04 bits per heavy atom. The first-order valence-electron chi connectivity index (χ1n) is 8.47. The van der Waals surface area contributed by atoms with Gasteiger partial charge in [-0.1, -0.05) is 17.7 Å². The van der Waals surface area contributed by atoms with Crippen molar-refractivity contribution in [3.63, 3.8) is 0 Å². The third-order valence-electron chi connectivity index (χ3n) is 4.17. The molecule has 0 aliphatic carbocycles. The lowest BCUT2D eigenvalue weighted by atomic mass is 10.1. The Hall–Kier alpha value is -2.52. The van der Waals surface area contributed by atoms with Crippen LogP contribution < -0.4 is 15.2 Å². The van der Waals surface area contributed by atoms with Gasteiger partial charge >= 0.3 is 5.69 Å². The molecule has 0 aliphatic rings. The maximum Gasteiger partial charge on any atom is 0.328 e. The van der Waals surface area contributed by atoms with Crippen LogP contribution in [0, 0.1) is 0 Å². The molecule has 0 aliphatic heterocycles. The van der Waals surface area contributed by atoms with Crippen molar-refractivity contribution in [1.82, 2.24) is 14.5 Å². The van der Waals surface area contributed by atoms with E-state index in [4.69, 9.17) is 21.1 Å². The first kappa shape index (κ1) is 20.2. The third-order valence-corrected chi connectivity index (χ3v) is 5.29. The number of imidazole rings is 1. The van der Waals surface area contributed by atoms with E-state index in [1.54, 1.807) is 24.3 Å². The molecule has 3 aromatic rings. The van der Waals surface area contributed by atoms with Gasteiger partial charge in [0.05, 0.1) is 36.1 Å². The molecular weight excluding hydrogens is 406 g/mol. The largest absolute Gasteiger partial charge is 0.493 e. The van der Waals surface area contributed by atoms with E-state index in [1.807, 2.05) is 6.92 Å². The fourth-order valence-electron chi connectivity index (χ4n) is 3.05. The number of hydrogen-bond acceptors (Lipinski definition) is 6. The van der Waals surface area contributed by atoms with E-state index in [1.165, 1.54) is 17.9 Å². The van der Waals surface area contributed by atoms with Crippen LogP contribution in [0.25, 0.3) is 11.2 Å². The number of H-pyrrole nitrogens is 1. The van der Waals surface area contributed by atoms with Crippen molar-refractivity contribution in [3.8, 4) is 11.5 Å². The van der Waals surface area contributed by atoms with Gasteiger partial charge in [0, 0.05) is 12.5 Å². The lowest BCUT2D eigenvalue weighted by Crippen LogP contribution is -2.28. The van der Waals surface area contributed by atoms with Crippen LogP contribution in [0.15, 0.2) is 35.3 Å². The fourth-order valence-corrected chi connectivity index (χ4v) is 4.13. The van der Waals surface area contributed by atoms with E-state index in [0.717, 1.165) is 6.26 Å². The molecule has 150 valence electrons. The van der Waals surface area contributed by atoms with Crippen molar-refractivity contribution in [2.45, 2.75) is 13.0 Å². The zero-order valence-electron chi connectivity index (χ0n) is 15.6. The topological polar surface area (TPSA) is 103 Å². The van der Waals surface area contributed by atoms with Crippen LogP contribution in [0.1, 0.15) is 18.5 Å². The zero-order valence-corrected chi connectivity index (χ0v) is 17.2. The van der Waals surface area contributed by atoms with E-state index in [2.05, 4.69) is 9.97 Å². The highest BCUT2D eigenvalue weighted by Gasteiger charge is 2.25. The van der Waals surface area contributed by atoms with E-state index in [0.29, 0.717) is 39.9 Å². The molecule has 10 heteroatoms. The number of methoxy groups -OCH3 is 1. The minimum absolute atomic E-state index is 0.290. The molecule has 0 radical (unpaired) electrons. The van der Waals surface area contributed by atoms with Gasteiger partial charge in [0.25, 0.3) is 0 Å². The molecule has 0 spiro atoms. The molecule has 1 unspecified atom stereocenters. The molecular formula is C18H20ClN3O5S. The predicted octanol–water partition coefficient (Wildman–Crippen LogP) is 2.42. The summed E-state index contributed by atoms with van der Waals surface area (Å²) in [7, 11) is -1.91. The van der Waals surface area contributed by atoms with Crippen LogP contribution in [-0.2, 0) is 9.84 Å². The molecule has 0 bridgehead atoms. The second-order valence-electron chi connectivity index (χ2n) is 6.28. The number of fused-ring (bicyclic) bond motifs is 1. The monoisotopic (exact) mass is 425 g/mol. The zero-order chi connectivity index (χ0) is 20.5. The smallest absolute Gasteiger partial charge is 0.328 e. The molecule has 2 heterocycles. The molecule has 3 rings (SSSR count). The Labute approximate surface area is 167 Å². The van der Waals surface area contributed by atoms with Crippen molar-refractivity contribution < 1.29 is 17.9 Å². The van der Waals surface area contributed by atoms with Crippen molar-refractivity contribution in [2.75, 3.05) is 25.7 Å². The Morgan fingerprint density at radius 3 is 2.68 bits per heavy atom. The van der Waals surface area contributed by atoms with Crippen molar-refractivity contribution in [3.05, 3.63) is 51.5 Å². The van der Waals surface area contributed by atoms with Gasteiger partial charge in [0.15, 0.2) is 17.1 Å². The average molecular weight is 426 g/mol. The van der Waals surface area contributed by atoms with Crippen LogP contribution >= 0.6 is 11.6 Å². The average Bonchev–Trinajstić information content (AvgIpc) is 2.94. The molecule has 8 nitrogen and oxygen atoms in total. The van der Waals surface area contributed by atoms with E-state index >= 15 is 0 Å². The normalized spacial score (nSPS) is 12.9. The van der Waals surface area contributed by atoms with Gasteiger partial charge < -0.3 is 14.5 Å². The van der Waals surface area contributed by atoms with Crippen molar-refractivity contribution >= 4 is 32.6 Å². The summed E-state index contributed by atoms with van der Waals surface area (Å²) in [6, 6.07) is 5.83. The van der Waals surface area contributed by atoms with Gasteiger partial charge in [-0.15, -0.1) is 0 Å². The number of halogens is 1. The van der Waals surface area contributed by atoms with Gasteiger partial charge in [-0.25, -0.2) is 18.2 Å². The van der Waals surface area contributed by atoms with E-state index in [9.17, 15) is 13.2 Å². The number of hydrogen-bond donors (Lipinski definition) is 1. The SMILES string of the molecule is CCOc1cc(C(CS(C)(=O)=O)n2c(=O)[nH]c3cc(Cl)cnc32)ccc1OC. The van der Waals surface area contributed by atoms with Crippen LogP contribution in [0.2, 0.25) is 5.02 Å². The second-order valence-corrected chi connectivity index (χ2v) is 8.90. The number of rotatable bonds is 7. The van der Waals surface area contributed by atoms with E-state index < -0.39 is 21.6 Å². The Morgan fingerprint density at radius 1 is 1.29 bits per heavy atom. The van der Waals surface area contributed by atoms with Gasteiger partial charge in [-0.05, 0) is 30.7 Å². The Bertz CT molecular complexity index is 1170. The summed E-state index contributed by atoms with van der Waals surface area (Å²) in [5.74, 6) is 0.687.